The van der Waals surface area contributed by atoms with Crippen LogP contribution in [-0.4, -0.2) is 85.5 Å². The smallest absolute Gasteiger partial charge is 0.227 e. The Balaban J connectivity index is 1.40. The number of ether oxygens (including phenoxy) is 1. The number of rotatable bonds is 8. The van der Waals surface area contributed by atoms with Crippen LogP contribution in [0.15, 0.2) is 36.7 Å². The summed E-state index contributed by atoms with van der Waals surface area (Å²) in [6.07, 6.45) is 4.84. The summed E-state index contributed by atoms with van der Waals surface area (Å²) in [7, 11) is -1.39. The van der Waals surface area contributed by atoms with Crippen LogP contribution in [-0.2, 0) is 14.6 Å². The van der Waals surface area contributed by atoms with E-state index in [2.05, 4.69) is 59.2 Å². The SMILES string of the molecule is COC1CCN(c2nccc(Nc3cc4c(C(C)C)ccc(N5C[C@H](CS(C)(=O)=O)[C@H]5C)c4cn3)n2)CC1O. The van der Waals surface area contributed by atoms with Gasteiger partial charge in [0.15, 0.2) is 0 Å². The molecule has 2 aliphatic rings. The second-order valence-electron chi connectivity index (χ2n) is 11.1. The van der Waals surface area contributed by atoms with Gasteiger partial charge in [-0.05, 0) is 48.4 Å². The van der Waals surface area contributed by atoms with Crippen LogP contribution >= 0.6 is 0 Å². The molecule has 1 aromatic carbocycles. The quantitative estimate of drug-likeness (QED) is 0.429. The summed E-state index contributed by atoms with van der Waals surface area (Å²) >= 11 is 0. The standard InChI is InChI=1S/C28H38N6O4S/c1-17(2)20-6-7-23(34-14-19(18(34)3)16-39(5,36)37)22-13-30-27(12-21(20)22)31-26-8-10-29-28(32-26)33-11-9-25(38-4)24(35)15-33/h6-8,10,12-13,17-19,24-25,35H,9,11,14-16H2,1-5H3,(H,29,30,31,32)/t18-,19-,24?,25?/m1/s1. The monoisotopic (exact) mass is 554 g/mol. The van der Waals surface area contributed by atoms with Gasteiger partial charge in [-0.1, -0.05) is 19.9 Å². The van der Waals surface area contributed by atoms with E-state index in [9.17, 15) is 13.5 Å². The van der Waals surface area contributed by atoms with Crippen molar-refractivity contribution in [1.82, 2.24) is 15.0 Å². The fourth-order valence-electron chi connectivity index (χ4n) is 5.72. The highest BCUT2D eigenvalue weighted by atomic mass is 32.2. The van der Waals surface area contributed by atoms with Gasteiger partial charge in [-0.25, -0.2) is 18.4 Å². The van der Waals surface area contributed by atoms with E-state index in [1.54, 1.807) is 19.4 Å². The lowest BCUT2D eigenvalue weighted by atomic mass is 9.88. The van der Waals surface area contributed by atoms with Crippen LogP contribution in [0.5, 0.6) is 0 Å². The number of benzene rings is 1. The first-order valence-electron chi connectivity index (χ1n) is 13.5. The molecule has 2 aromatic heterocycles. The Morgan fingerprint density at radius 1 is 1.15 bits per heavy atom. The second-order valence-corrected chi connectivity index (χ2v) is 13.3. The summed E-state index contributed by atoms with van der Waals surface area (Å²) in [5, 5.41) is 15.9. The van der Waals surface area contributed by atoms with Gasteiger partial charge in [-0.15, -0.1) is 0 Å². The van der Waals surface area contributed by atoms with E-state index in [1.165, 1.54) is 11.8 Å². The van der Waals surface area contributed by atoms with Gasteiger partial charge in [0.2, 0.25) is 5.95 Å². The average Bonchev–Trinajstić information content (AvgIpc) is 2.89. The Labute approximate surface area is 230 Å². The molecule has 210 valence electrons. The molecule has 2 unspecified atom stereocenters. The van der Waals surface area contributed by atoms with Crippen molar-refractivity contribution >= 4 is 43.9 Å². The molecule has 4 atom stereocenters. The van der Waals surface area contributed by atoms with Gasteiger partial charge >= 0.3 is 0 Å². The summed E-state index contributed by atoms with van der Waals surface area (Å²) in [6.45, 7) is 8.27. The molecule has 11 heteroatoms. The van der Waals surface area contributed by atoms with E-state index >= 15 is 0 Å². The number of β-amino-alcohol motifs (C(OH)–C–C–N with tert-alkyl or cyclic N) is 1. The summed E-state index contributed by atoms with van der Waals surface area (Å²) in [5.41, 5.74) is 2.30. The molecule has 2 aliphatic heterocycles. The molecule has 2 saturated heterocycles. The fourth-order valence-corrected chi connectivity index (χ4v) is 6.89. The van der Waals surface area contributed by atoms with E-state index in [4.69, 9.17) is 9.72 Å². The van der Waals surface area contributed by atoms with Gasteiger partial charge in [0.1, 0.15) is 21.5 Å². The highest BCUT2D eigenvalue weighted by Gasteiger charge is 2.38. The number of anilines is 4. The van der Waals surface area contributed by atoms with Gasteiger partial charge in [-0.3, -0.25) is 0 Å². The third kappa shape index (κ3) is 5.80. The third-order valence-corrected chi connectivity index (χ3v) is 9.00. The molecule has 2 N–H and O–H groups in total. The molecule has 0 bridgehead atoms. The zero-order valence-corrected chi connectivity index (χ0v) is 24.0. The molecule has 0 saturated carbocycles. The number of aliphatic hydroxyl groups excluding tert-OH is 1. The van der Waals surface area contributed by atoms with Crippen molar-refractivity contribution in [3.8, 4) is 0 Å². The number of nitrogens with zero attached hydrogens (tertiary/aromatic N) is 5. The van der Waals surface area contributed by atoms with Crippen LogP contribution < -0.4 is 15.1 Å². The molecular formula is C28H38N6O4S. The lowest BCUT2D eigenvalue weighted by Gasteiger charge is -2.48. The van der Waals surface area contributed by atoms with Crippen LogP contribution in [0.25, 0.3) is 10.8 Å². The molecule has 0 radical (unpaired) electrons. The topological polar surface area (TPSA) is 121 Å². The number of nitrogens with one attached hydrogen (secondary N) is 1. The van der Waals surface area contributed by atoms with Crippen LogP contribution in [0, 0.1) is 5.92 Å². The highest BCUT2D eigenvalue weighted by Crippen LogP contribution is 2.39. The lowest BCUT2D eigenvalue weighted by molar-refractivity contribution is -0.0219. The summed E-state index contributed by atoms with van der Waals surface area (Å²) in [6, 6.07) is 8.30. The van der Waals surface area contributed by atoms with Gasteiger partial charge in [0.05, 0.1) is 18.0 Å². The van der Waals surface area contributed by atoms with Crippen LogP contribution in [0.4, 0.5) is 23.3 Å². The van der Waals surface area contributed by atoms with Crippen LogP contribution in [0.3, 0.4) is 0 Å². The van der Waals surface area contributed by atoms with E-state index in [0.717, 1.165) is 16.5 Å². The summed E-state index contributed by atoms with van der Waals surface area (Å²) < 4.78 is 29.0. The molecule has 0 spiro atoms. The maximum atomic E-state index is 11.8. The zero-order chi connectivity index (χ0) is 27.9. The van der Waals surface area contributed by atoms with E-state index in [1.807, 2.05) is 11.1 Å². The van der Waals surface area contributed by atoms with E-state index < -0.39 is 15.9 Å². The van der Waals surface area contributed by atoms with Gasteiger partial charge < -0.3 is 25.0 Å². The Bertz CT molecular complexity index is 1450. The minimum atomic E-state index is -3.01. The Kier molecular flexibility index (Phi) is 7.67. The summed E-state index contributed by atoms with van der Waals surface area (Å²) in [5.74, 6) is 2.50. The molecule has 10 nitrogen and oxygen atoms in total. The Morgan fingerprint density at radius 2 is 1.95 bits per heavy atom. The first-order chi connectivity index (χ1) is 18.5. The molecule has 39 heavy (non-hydrogen) atoms. The number of pyridine rings is 1. The van der Waals surface area contributed by atoms with Gasteiger partial charge in [-0.2, -0.15) is 4.98 Å². The van der Waals surface area contributed by atoms with Crippen LogP contribution in [0.2, 0.25) is 0 Å². The highest BCUT2D eigenvalue weighted by molar-refractivity contribution is 7.90. The number of piperidine rings is 1. The van der Waals surface area contributed by atoms with Gasteiger partial charge in [0, 0.05) is 68.4 Å². The third-order valence-electron chi connectivity index (χ3n) is 7.97. The predicted octanol–water partition coefficient (Wildman–Crippen LogP) is 3.35. The predicted molar refractivity (Wildman–Crippen MR) is 155 cm³/mol. The van der Waals surface area contributed by atoms with E-state index in [0.29, 0.717) is 49.6 Å². The zero-order valence-electron chi connectivity index (χ0n) is 23.2. The Hall–Kier alpha value is -3.02. The number of methoxy groups -OCH3 is 1. The van der Waals surface area contributed by atoms with E-state index in [-0.39, 0.29) is 23.8 Å². The van der Waals surface area contributed by atoms with Crippen molar-refractivity contribution in [2.45, 2.75) is 51.4 Å². The minimum Gasteiger partial charge on any atom is -0.389 e. The fraction of sp³-hybridized carbons (Fsp3) is 0.536. The van der Waals surface area contributed by atoms with Gasteiger partial charge in [0.25, 0.3) is 0 Å². The number of sulfone groups is 1. The molecular weight excluding hydrogens is 516 g/mol. The molecule has 5 rings (SSSR count). The second kappa shape index (κ2) is 10.9. The molecule has 3 aromatic rings. The maximum Gasteiger partial charge on any atom is 0.227 e. The summed E-state index contributed by atoms with van der Waals surface area (Å²) in [4.78, 5) is 18.1. The van der Waals surface area contributed by atoms with Crippen LogP contribution in [0.1, 0.15) is 38.7 Å². The normalized spacial score (nSPS) is 23.8. The Morgan fingerprint density at radius 3 is 2.62 bits per heavy atom. The first-order valence-corrected chi connectivity index (χ1v) is 15.5. The molecule has 0 amide bonds. The largest absolute Gasteiger partial charge is 0.389 e. The van der Waals surface area contributed by atoms with Crippen molar-refractivity contribution in [3.63, 3.8) is 0 Å². The number of hydrogen-bond acceptors (Lipinski definition) is 10. The average molecular weight is 555 g/mol. The molecule has 4 heterocycles. The maximum absolute atomic E-state index is 11.8. The number of aliphatic hydroxyl groups is 1. The van der Waals surface area contributed by atoms with Crippen molar-refractivity contribution in [2.24, 2.45) is 5.92 Å². The molecule has 0 aliphatic carbocycles. The van der Waals surface area contributed by atoms with Crippen molar-refractivity contribution in [2.75, 3.05) is 53.9 Å². The first kappa shape index (κ1) is 27.5. The number of hydrogen-bond donors (Lipinski definition) is 2. The lowest BCUT2D eigenvalue weighted by Crippen LogP contribution is -2.57. The number of aromatic nitrogens is 3. The number of fused-ring (bicyclic) bond motifs is 1. The molecule has 2 fully saturated rings. The van der Waals surface area contributed by atoms with Crippen molar-refractivity contribution in [1.29, 1.82) is 0 Å². The van der Waals surface area contributed by atoms with Crippen molar-refractivity contribution in [3.05, 3.63) is 42.2 Å². The minimum absolute atomic E-state index is 0.127. The van der Waals surface area contributed by atoms with Crippen molar-refractivity contribution < 1.29 is 18.3 Å².